The van der Waals surface area contributed by atoms with Gasteiger partial charge in [-0.15, -0.1) is 0 Å². The zero-order chi connectivity index (χ0) is 4.41. The Morgan fingerprint density at radius 1 is 1.83 bits per heavy atom. The number of aliphatic hydroxyl groups is 1. The molecule has 3 N–H and O–H groups in total. The number of hydrogen-bond acceptors (Lipinski definition) is 1. The number of hydrogen-bond donors (Lipinski definition) is 3. The van der Waals surface area contributed by atoms with Gasteiger partial charge in [0.15, 0.2) is 0 Å². The van der Waals surface area contributed by atoms with Crippen LogP contribution < -0.4 is 10.3 Å². The summed E-state index contributed by atoms with van der Waals surface area (Å²) in [7, 11) is 0. The number of amidine groups is 1. The summed E-state index contributed by atoms with van der Waals surface area (Å²) in [6, 6.07) is 0.204. The summed E-state index contributed by atoms with van der Waals surface area (Å²) in [5.41, 5.74) is 0. The van der Waals surface area contributed by atoms with Crippen molar-refractivity contribution in [2.24, 2.45) is 0 Å². The van der Waals surface area contributed by atoms with Gasteiger partial charge in [-0.05, 0) is 0 Å². The van der Waals surface area contributed by atoms with Crippen LogP contribution in [0, 0.1) is 0 Å². The average Bonchev–Trinajstić information content (AvgIpc) is 1.86. The Bertz CT molecular complexity index is 78.9. The predicted molar refractivity (Wildman–Crippen MR) is 21.5 cm³/mol. The molecule has 0 amide bonds. The summed E-state index contributed by atoms with van der Waals surface area (Å²) in [4.78, 5) is 2.68. The Labute approximate surface area is 35.7 Å². The first kappa shape index (κ1) is 3.46. The smallest absolute Gasteiger partial charge is 0.439 e. The molecule has 34 valence electrons. The second kappa shape index (κ2) is 1.16. The quantitative estimate of drug-likeness (QED) is 0.308. The first-order valence-corrected chi connectivity index (χ1v) is 1.93. The standard InChI is InChI=1S/C3H6N2O/c6-3-4-1-2-5-3/h1-2H2,(H2,4,5,6)/p+1. The van der Waals surface area contributed by atoms with Crippen molar-refractivity contribution in [3.05, 3.63) is 0 Å². The molecular weight excluding hydrogens is 80.0 g/mol. The summed E-state index contributed by atoms with van der Waals surface area (Å²) in [5, 5.41) is 11.1. The maximum absolute atomic E-state index is 8.42. The molecule has 0 aliphatic carbocycles. The lowest BCUT2D eigenvalue weighted by Gasteiger charge is -1.73. The van der Waals surface area contributed by atoms with Crippen molar-refractivity contribution in [1.82, 2.24) is 5.32 Å². The SMILES string of the molecule is OC1=[NH+]CCN1. The van der Waals surface area contributed by atoms with Crippen molar-refractivity contribution >= 4 is 6.02 Å². The molecule has 1 aliphatic rings. The molecule has 0 atom stereocenters. The molecule has 0 fully saturated rings. The molecule has 0 unspecified atom stereocenters. The lowest BCUT2D eigenvalue weighted by molar-refractivity contribution is -0.453. The van der Waals surface area contributed by atoms with E-state index in [-0.39, 0.29) is 6.02 Å². The number of rotatable bonds is 0. The molecule has 1 rings (SSSR count). The van der Waals surface area contributed by atoms with Gasteiger partial charge in [0.25, 0.3) is 0 Å². The minimum atomic E-state index is 0.204. The largest absolute Gasteiger partial charge is 0.447 e. The van der Waals surface area contributed by atoms with Crippen molar-refractivity contribution < 1.29 is 10.1 Å². The van der Waals surface area contributed by atoms with E-state index in [2.05, 4.69) is 10.3 Å². The van der Waals surface area contributed by atoms with E-state index in [1.54, 1.807) is 0 Å². The van der Waals surface area contributed by atoms with Gasteiger partial charge in [0.2, 0.25) is 0 Å². The lowest BCUT2D eigenvalue weighted by atomic mass is 10.7. The molecule has 3 nitrogen and oxygen atoms in total. The van der Waals surface area contributed by atoms with Crippen molar-refractivity contribution in [3.63, 3.8) is 0 Å². The van der Waals surface area contributed by atoms with E-state index >= 15 is 0 Å². The third kappa shape index (κ3) is 0.429. The molecule has 0 bridgehead atoms. The van der Waals surface area contributed by atoms with E-state index in [4.69, 9.17) is 5.11 Å². The van der Waals surface area contributed by atoms with Crippen LogP contribution in [0.2, 0.25) is 0 Å². The molecule has 0 aromatic rings. The Morgan fingerprint density at radius 2 is 2.67 bits per heavy atom. The van der Waals surface area contributed by atoms with Gasteiger partial charge < -0.3 is 5.11 Å². The third-order valence-electron chi connectivity index (χ3n) is 0.710. The summed E-state index contributed by atoms with van der Waals surface area (Å²) in [6.45, 7) is 1.68. The highest BCUT2D eigenvalue weighted by Crippen LogP contribution is 1.52. The van der Waals surface area contributed by atoms with Gasteiger partial charge in [-0.2, -0.15) is 0 Å². The molecule has 0 saturated carbocycles. The van der Waals surface area contributed by atoms with Gasteiger partial charge in [0.1, 0.15) is 13.1 Å². The van der Waals surface area contributed by atoms with E-state index < -0.39 is 0 Å². The highest BCUT2D eigenvalue weighted by Gasteiger charge is 2.06. The molecule has 3 heteroatoms. The molecule has 6 heavy (non-hydrogen) atoms. The summed E-state index contributed by atoms with van der Waals surface area (Å²) < 4.78 is 0. The average molecular weight is 87.1 g/mol. The highest BCUT2D eigenvalue weighted by molar-refractivity contribution is 5.65. The van der Waals surface area contributed by atoms with Crippen LogP contribution in [0.15, 0.2) is 0 Å². The Hall–Kier alpha value is -0.730. The first-order chi connectivity index (χ1) is 2.89. The van der Waals surface area contributed by atoms with E-state index in [0.717, 1.165) is 13.1 Å². The van der Waals surface area contributed by atoms with Crippen LogP contribution in [0.25, 0.3) is 0 Å². The van der Waals surface area contributed by atoms with Crippen LogP contribution in [-0.4, -0.2) is 24.2 Å². The van der Waals surface area contributed by atoms with Crippen LogP contribution in [0.3, 0.4) is 0 Å². The van der Waals surface area contributed by atoms with E-state index in [9.17, 15) is 0 Å². The zero-order valence-electron chi connectivity index (χ0n) is 3.36. The van der Waals surface area contributed by atoms with Crippen molar-refractivity contribution in [2.75, 3.05) is 13.1 Å². The molecule has 0 aromatic heterocycles. The van der Waals surface area contributed by atoms with Gasteiger partial charge in [0, 0.05) is 0 Å². The molecular formula is C3H7N2O+. The van der Waals surface area contributed by atoms with Crippen LogP contribution in [-0.2, 0) is 0 Å². The molecule has 1 aliphatic heterocycles. The zero-order valence-corrected chi connectivity index (χ0v) is 3.36. The van der Waals surface area contributed by atoms with E-state index in [1.165, 1.54) is 0 Å². The number of aliphatic hydroxyl groups excluding tert-OH is 1. The van der Waals surface area contributed by atoms with Gasteiger partial charge in [-0.3, -0.25) is 0 Å². The highest BCUT2D eigenvalue weighted by atomic mass is 16.3. The molecule has 0 saturated heterocycles. The van der Waals surface area contributed by atoms with Gasteiger partial charge in [-0.1, -0.05) is 0 Å². The molecule has 0 aromatic carbocycles. The third-order valence-corrected chi connectivity index (χ3v) is 0.710. The second-order valence-electron chi connectivity index (χ2n) is 1.20. The topological polar surface area (TPSA) is 46.2 Å². The van der Waals surface area contributed by atoms with Crippen LogP contribution in [0.4, 0.5) is 0 Å². The minimum absolute atomic E-state index is 0.204. The van der Waals surface area contributed by atoms with Crippen molar-refractivity contribution in [1.29, 1.82) is 0 Å². The summed E-state index contributed by atoms with van der Waals surface area (Å²) in [6.07, 6.45) is 0. The van der Waals surface area contributed by atoms with Crippen molar-refractivity contribution in [2.45, 2.75) is 0 Å². The van der Waals surface area contributed by atoms with E-state index in [1.807, 2.05) is 0 Å². The Balaban J connectivity index is 2.45. The van der Waals surface area contributed by atoms with Crippen LogP contribution >= 0.6 is 0 Å². The summed E-state index contributed by atoms with van der Waals surface area (Å²) >= 11 is 0. The summed E-state index contributed by atoms with van der Waals surface area (Å²) in [5.74, 6) is 0. The molecule has 0 radical (unpaired) electrons. The predicted octanol–water partition coefficient (Wildman–Crippen LogP) is -2.42. The van der Waals surface area contributed by atoms with Crippen molar-refractivity contribution in [3.8, 4) is 0 Å². The maximum atomic E-state index is 8.42. The van der Waals surface area contributed by atoms with E-state index in [0.29, 0.717) is 0 Å². The van der Waals surface area contributed by atoms with Crippen LogP contribution in [0.1, 0.15) is 0 Å². The maximum Gasteiger partial charge on any atom is 0.439 e. The first-order valence-electron chi connectivity index (χ1n) is 1.93. The van der Waals surface area contributed by atoms with Gasteiger partial charge in [-0.25, -0.2) is 10.3 Å². The lowest BCUT2D eigenvalue weighted by Crippen LogP contribution is -2.70. The Kier molecular flexibility index (Phi) is 0.670. The van der Waals surface area contributed by atoms with Gasteiger partial charge >= 0.3 is 6.02 Å². The minimum Gasteiger partial charge on any atom is -0.447 e. The fourth-order valence-corrected chi connectivity index (χ4v) is 0.424. The second-order valence-corrected chi connectivity index (χ2v) is 1.20. The Morgan fingerprint density at radius 3 is 2.83 bits per heavy atom. The fourth-order valence-electron chi connectivity index (χ4n) is 0.424. The van der Waals surface area contributed by atoms with Crippen LogP contribution in [0.5, 0.6) is 0 Å². The monoisotopic (exact) mass is 87.1 g/mol. The number of nitrogens with one attached hydrogen (secondary N) is 2. The normalized spacial score (nSPS) is 19.7. The van der Waals surface area contributed by atoms with Gasteiger partial charge in [0.05, 0.1) is 0 Å². The molecule has 0 spiro atoms. The molecule has 1 heterocycles. The fraction of sp³-hybridized carbons (Fsp3) is 0.667.